The van der Waals surface area contributed by atoms with E-state index in [1.54, 1.807) is 23.1 Å². The minimum atomic E-state index is -0.729. The van der Waals surface area contributed by atoms with E-state index >= 15 is 0 Å². The monoisotopic (exact) mass is 455 g/mol. The van der Waals surface area contributed by atoms with Gasteiger partial charge in [-0.2, -0.15) is 0 Å². The number of carbonyl (C=O) groups excluding carboxylic acids is 1. The van der Waals surface area contributed by atoms with Crippen LogP contribution in [-0.2, 0) is 6.42 Å². The van der Waals surface area contributed by atoms with E-state index in [1.807, 2.05) is 36.4 Å². The number of carbonyl (C=O) groups is 1. The fourth-order valence-corrected chi connectivity index (χ4v) is 4.32. The molecule has 2 heterocycles. The second-order valence-corrected chi connectivity index (χ2v) is 8.08. The van der Waals surface area contributed by atoms with Gasteiger partial charge in [0.15, 0.2) is 5.43 Å². The van der Waals surface area contributed by atoms with Gasteiger partial charge >= 0.3 is 0 Å². The fraction of sp³-hybridized carbons (Fsp3) is 0.143. The zero-order valence-corrected chi connectivity index (χ0v) is 18.6. The molecule has 6 heteroatoms. The van der Waals surface area contributed by atoms with Gasteiger partial charge in [0.05, 0.1) is 17.0 Å². The van der Waals surface area contributed by atoms with E-state index in [-0.39, 0.29) is 22.3 Å². The summed E-state index contributed by atoms with van der Waals surface area (Å²) < 4.78 is 25.4. The second-order valence-electron chi connectivity index (χ2n) is 8.08. The quantitative estimate of drug-likeness (QED) is 0.344. The Labute approximate surface area is 195 Å². The summed E-state index contributed by atoms with van der Waals surface area (Å²) in [5.41, 5.74) is 2.43. The number of hydrogen-bond acceptors (Lipinski definition) is 4. The predicted molar refractivity (Wildman–Crippen MR) is 129 cm³/mol. The number of nitrogens with zero attached hydrogens (tertiary/aromatic N) is 1. The second kappa shape index (κ2) is 8.63. The largest absolute Gasteiger partial charge is 0.490 e. The molecule has 0 saturated heterocycles. The predicted octanol–water partition coefficient (Wildman–Crippen LogP) is 5.81. The summed E-state index contributed by atoms with van der Waals surface area (Å²) in [6.07, 6.45) is 2.51. The highest BCUT2D eigenvalue weighted by atomic mass is 19.1. The van der Waals surface area contributed by atoms with Crippen LogP contribution in [0.4, 0.5) is 10.1 Å². The van der Waals surface area contributed by atoms with E-state index in [9.17, 15) is 14.0 Å². The van der Waals surface area contributed by atoms with Crippen LogP contribution in [0.3, 0.4) is 0 Å². The van der Waals surface area contributed by atoms with E-state index in [1.165, 1.54) is 12.1 Å². The maximum Gasteiger partial charge on any atom is 0.295 e. The third kappa shape index (κ3) is 3.57. The van der Waals surface area contributed by atoms with Crippen molar-refractivity contribution in [2.45, 2.75) is 19.4 Å². The van der Waals surface area contributed by atoms with Crippen LogP contribution < -0.4 is 15.1 Å². The Hall–Kier alpha value is -4.19. The molecule has 0 saturated carbocycles. The Kier molecular flexibility index (Phi) is 5.49. The van der Waals surface area contributed by atoms with Crippen molar-refractivity contribution in [1.82, 2.24) is 0 Å². The van der Waals surface area contributed by atoms with Crippen molar-refractivity contribution >= 4 is 22.6 Å². The van der Waals surface area contributed by atoms with Crippen molar-refractivity contribution in [3.8, 4) is 5.75 Å². The number of ether oxygens (including phenoxy) is 1. The minimum absolute atomic E-state index is 0.0272. The highest BCUT2D eigenvalue weighted by Gasteiger charge is 2.43. The molecule has 0 radical (unpaired) electrons. The maximum atomic E-state index is 13.9. The van der Waals surface area contributed by atoms with Crippen LogP contribution in [0.2, 0.25) is 0 Å². The molecule has 0 N–H and O–H groups in total. The molecule has 3 aromatic carbocycles. The van der Waals surface area contributed by atoms with Gasteiger partial charge in [-0.25, -0.2) is 4.39 Å². The number of hydrogen-bond donors (Lipinski definition) is 0. The minimum Gasteiger partial charge on any atom is -0.490 e. The molecule has 1 aliphatic rings. The van der Waals surface area contributed by atoms with Gasteiger partial charge < -0.3 is 9.15 Å². The van der Waals surface area contributed by atoms with E-state index in [2.05, 4.69) is 13.5 Å². The summed E-state index contributed by atoms with van der Waals surface area (Å²) in [6.45, 7) is 6.06. The van der Waals surface area contributed by atoms with Gasteiger partial charge in [0.1, 0.15) is 23.8 Å². The zero-order valence-electron chi connectivity index (χ0n) is 18.6. The number of aryl methyl sites for hydroxylation is 1. The number of amides is 1. The Bertz CT molecular complexity index is 1460. The smallest absolute Gasteiger partial charge is 0.295 e. The van der Waals surface area contributed by atoms with E-state index in [4.69, 9.17) is 9.15 Å². The summed E-state index contributed by atoms with van der Waals surface area (Å²) in [7, 11) is 0. The highest BCUT2D eigenvalue weighted by Crippen LogP contribution is 2.41. The summed E-state index contributed by atoms with van der Waals surface area (Å²) in [5, 5.41) is 0.102. The molecule has 0 fully saturated rings. The molecule has 0 bridgehead atoms. The number of rotatable bonds is 6. The summed E-state index contributed by atoms with van der Waals surface area (Å²) >= 11 is 0. The molecule has 34 heavy (non-hydrogen) atoms. The molecular formula is C28H22FNO4. The zero-order chi connectivity index (χ0) is 23.8. The third-order valence-corrected chi connectivity index (χ3v) is 6.02. The fourth-order valence-electron chi connectivity index (χ4n) is 4.32. The first-order valence-corrected chi connectivity index (χ1v) is 11.0. The van der Waals surface area contributed by atoms with Crippen molar-refractivity contribution in [2.75, 3.05) is 11.5 Å². The Morgan fingerprint density at radius 1 is 1.06 bits per heavy atom. The first-order valence-electron chi connectivity index (χ1n) is 11.0. The normalized spacial score (nSPS) is 14.9. The topological polar surface area (TPSA) is 59.8 Å². The molecule has 170 valence electrons. The van der Waals surface area contributed by atoms with E-state index < -0.39 is 23.2 Å². The number of benzene rings is 3. The lowest BCUT2D eigenvalue weighted by Crippen LogP contribution is -2.29. The lowest BCUT2D eigenvalue weighted by Gasteiger charge is -2.25. The van der Waals surface area contributed by atoms with Crippen LogP contribution in [0.15, 0.2) is 88.6 Å². The van der Waals surface area contributed by atoms with Crippen LogP contribution >= 0.6 is 0 Å². The van der Waals surface area contributed by atoms with Crippen molar-refractivity contribution in [2.24, 2.45) is 0 Å². The summed E-state index contributed by atoms with van der Waals surface area (Å²) in [6, 6.07) is 17.8. The van der Waals surface area contributed by atoms with Crippen LogP contribution in [-0.4, -0.2) is 12.5 Å². The molecule has 1 aliphatic heterocycles. The van der Waals surface area contributed by atoms with Crippen LogP contribution in [0.5, 0.6) is 5.75 Å². The molecule has 0 spiro atoms. The van der Waals surface area contributed by atoms with Crippen LogP contribution in [0, 0.1) is 5.82 Å². The average Bonchev–Trinajstić information content (AvgIpc) is 3.16. The van der Waals surface area contributed by atoms with Crippen molar-refractivity contribution in [1.29, 1.82) is 0 Å². The first kappa shape index (κ1) is 21.6. The van der Waals surface area contributed by atoms with Crippen LogP contribution in [0.25, 0.3) is 11.0 Å². The third-order valence-electron chi connectivity index (χ3n) is 6.02. The number of halogens is 1. The number of fused-ring (bicyclic) bond motifs is 2. The highest BCUT2D eigenvalue weighted by molar-refractivity contribution is 6.10. The standard InChI is InChI=1S/C28H22FNO4/c1-3-15-33-21-12-7-18(8-13-21)25-24-26(31)22-16-19(29)9-14-23(22)34-27(24)28(32)30(25)20-10-5-17(4-2)6-11-20/h3,5-14,16,25H,1,4,15H2,2H3. The number of anilines is 1. The van der Waals surface area contributed by atoms with Gasteiger partial charge in [0.25, 0.3) is 5.91 Å². The Balaban J connectivity index is 1.71. The molecule has 0 aliphatic carbocycles. The molecule has 1 unspecified atom stereocenters. The first-order chi connectivity index (χ1) is 16.5. The maximum absolute atomic E-state index is 13.9. The molecule has 4 aromatic rings. The Morgan fingerprint density at radius 2 is 1.79 bits per heavy atom. The van der Waals surface area contributed by atoms with E-state index in [0.717, 1.165) is 18.1 Å². The lowest BCUT2D eigenvalue weighted by molar-refractivity contribution is 0.0971. The van der Waals surface area contributed by atoms with E-state index in [0.29, 0.717) is 23.6 Å². The van der Waals surface area contributed by atoms with Gasteiger partial charge in [-0.1, -0.05) is 43.8 Å². The van der Waals surface area contributed by atoms with Gasteiger partial charge in [0.2, 0.25) is 5.76 Å². The lowest BCUT2D eigenvalue weighted by atomic mass is 9.98. The van der Waals surface area contributed by atoms with Gasteiger partial charge in [-0.3, -0.25) is 14.5 Å². The molecular weight excluding hydrogens is 433 g/mol. The Morgan fingerprint density at radius 3 is 2.47 bits per heavy atom. The van der Waals surface area contributed by atoms with Crippen molar-refractivity contribution in [3.05, 3.63) is 118 Å². The van der Waals surface area contributed by atoms with Gasteiger partial charge in [0, 0.05) is 5.69 Å². The summed E-state index contributed by atoms with van der Waals surface area (Å²) in [5.74, 6) is -0.351. The van der Waals surface area contributed by atoms with Crippen molar-refractivity contribution < 1.29 is 18.3 Å². The van der Waals surface area contributed by atoms with Crippen LogP contribution in [0.1, 0.15) is 40.2 Å². The molecule has 1 amide bonds. The van der Waals surface area contributed by atoms with Crippen molar-refractivity contribution in [3.63, 3.8) is 0 Å². The summed E-state index contributed by atoms with van der Waals surface area (Å²) in [4.78, 5) is 28.7. The van der Waals surface area contributed by atoms with Gasteiger partial charge in [-0.15, -0.1) is 0 Å². The molecule has 1 aromatic heterocycles. The SMILES string of the molecule is C=CCOc1ccc(C2c3c(oc4ccc(F)cc4c3=O)C(=O)N2c2ccc(CC)cc2)cc1. The molecule has 5 nitrogen and oxygen atoms in total. The average molecular weight is 455 g/mol. The molecule has 1 atom stereocenters. The molecule has 5 rings (SSSR count). The van der Waals surface area contributed by atoms with Gasteiger partial charge in [-0.05, 0) is 60.0 Å².